The molecule has 2 aliphatic carbocycles. The molecule has 0 aliphatic heterocycles. The lowest BCUT2D eigenvalue weighted by atomic mass is 9.46. The Kier molecular flexibility index (Phi) is 5.68. The van der Waals surface area contributed by atoms with Crippen molar-refractivity contribution in [1.82, 2.24) is 0 Å². The maximum Gasteiger partial charge on any atom is 0.302 e. The van der Waals surface area contributed by atoms with Crippen molar-refractivity contribution in [3.05, 3.63) is 36.5 Å². The fraction of sp³-hybridized carbons (Fsp3) is 0.682. The lowest BCUT2D eigenvalue weighted by molar-refractivity contribution is -0.199. The van der Waals surface area contributed by atoms with Gasteiger partial charge in [0, 0.05) is 6.92 Å². The summed E-state index contributed by atoms with van der Waals surface area (Å²) < 4.78 is 5.53. The summed E-state index contributed by atoms with van der Waals surface area (Å²) in [6.07, 6.45) is 6.66. The van der Waals surface area contributed by atoms with Crippen molar-refractivity contribution in [1.29, 1.82) is 0 Å². The summed E-state index contributed by atoms with van der Waals surface area (Å²) in [5, 5.41) is 10.9. The quantitative estimate of drug-likeness (QED) is 0.451. The molecule has 0 aromatic carbocycles. The first-order valence-corrected chi connectivity index (χ1v) is 9.36. The molecule has 2 saturated carbocycles. The summed E-state index contributed by atoms with van der Waals surface area (Å²) in [5.41, 5.74) is 2.10. The van der Waals surface area contributed by atoms with E-state index in [-0.39, 0.29) is 16.8 Å². The zero-order valence-corrected chi connectivity index (χ0v) is 16.5. The van der Waals surface area contributed by atoms with Gasteiger partial charge in [-0.15, -0.1) is 0 Å². The topological polar surface area (TPSA) is 46.5 Å². The normalized spacial score (nSPS) is 38.0. The summed E-state index contributed by atoms with van der Waals surface area (Å²) in [7, 11) is 0. The predicted molar refractivity (Wildman–Crippen MR) is 102 cm³/mol. The predicted octanol–water partition coefficient (Wildman–Crippen LogP) is 4.82. The van der Waals surface area contributed by atoms with Crippen LogP contribution in [0.4, 0.5) is 0 Å². The number of carbonyl (C=O) groups is 1. The average Bonchev–Trinajstić information content (AvgIpc) is 2.50. The Morgan fingerprint density at radius 3 is 2.56 bits per heavy atom. The van der Waals surface area contributed by atoms with Crippen LogP contribution in [-0.2, 0) is 9.53 Å². The van der Waals surface area contributed by atoms with Gasteiger partial charge in [0.1, 0.15) is 6.10 Å². The first-order chi connectivity index (χ1) is 11.5. The van der Waals surface area contributed by atoms with Crippen LogP contribution in [0.3, 0.4) is 0 Å². The number of carbonyl (C=O) groups excluding carboxylic acids is 1. The van der Waals surface area contributed by atoms with E-state index in [0.717, 1.165) is 19.3 Å². The Hall–Kier alpha value is -1.35. The summed E-state index contributed by atoms with van der Waals surface area (Å²) in [6, 6.07) is 0. The van der Waals surface area contributed by atoms with Gasteiger partial charge in [0.2, 0.25) is 0 Å². The lowest BCUT2D eigenvalue weighted by Gasteiger charge is -2.61. The highest BCUT2D eigenvalue weighted by molar-refractivity contribution is 5.66. The van der Waals surface area contributed by atoms with E-state index < -0.39 is 12.2 Å². The van der Waals surface area contributed by atoms with Crippen molar-refractivity contribution >= 4 is 5.97 Å². The summed E-state index contributed by atoms with van der Waals surface area (Å²) in [6.45, 7) is 18.2. The average molecular weight is 347 g/mol. The SMILES string of the molecule is C=C/C(C)=C/C[C@H]1C(=C)CCC2C(C)(C)[C@@H](O)[C@H](OC(C)=O)C[C@@]21C. The minimum absolute atomic E-state index is 0.0455. The molecular weight excluding hydrogens is 312 g/mol. The molecule has 0 radical (unpaired) electrons. The number of fused-ring (bicyclic) bond motifs is 1. The van der Waals surface area contributed by atoms with Crippen LogP contribution in [0.15, 0.2) is 36.5 Å². The van der Waals surface area contributed by atoms with E-state index in [9.17, 15) is 9.90 Å². The number of allylic oxidation sites excluding steroid dienone is 4. The fourth-order valence-electron chi connectivity index (χ4n) is 5.42. The van der Waals surface area contributed by atoms with Crippen LogP contribution in [0.5, 0.6) is 0 Å². The van der Waals surface area contributed by atoms with Gasteiger partial charge in [-0.1, -0.05) is 57.2 Å². The molecule has 0 amide bonds. The van der Waals surface area contributed by atoms with E-state index in [0.29, 0.717) is 18.3 Å². The molecule has 0 aromatic rings. The molecule has 140 valence electrons. The molecule has 0 aromatic heterocycles. The van der Waals surface area contributed by atoms with Crippen LogP contribution < -0.4 is 0 Å². The molecule has 0 bridgehead atoms. The van der Waals surface area contributed by atoms with Crippen molar-refractivity contribution in [3.63, 3.8) is 0 Å². The van der Waals surface area contributed by atoms with Crippen LogP contribution in [0.25, 0.3) is 0 Å². The van der Waals surface area contributed by atoms with E-state index in [1.54, 1.807) is 0 Å². The zero-order chi connectivity index (χ0) is 19.0. The van der Waals surface area contributed by atoms with Crippen LogP contribution >= 0.6 is 0 Å². The number of ether oxygens (including phenoxy) is 1. The number of hydrogen-bond acceptors (Lipinski definition) is 3. The van der Waals surface area contributed by atoms with Gasteiger partial charge in [0.15, 0.2) is 0 Å². The monoisotopic (exact) mass is 346 g/mol. The molecule has 3 heteroatoms. The second kappa shape index (κ2) is 7.11. The number of aliphatic hydroxyl groups excluding tert-OH is 1. The van der Waals surface area contributed by atoms with Crippen molar-refractivity contribution < 1.29 is 14.6 Å². The fourth-order valence-corrected chi connectivity index (χ4v) is 5.42. The van der Waals surface area contributed by atoms with Gasteiger partial charge in [-0.05, 0) is 55.3 Å². The highest BCUT2D eigenvalue weighted by Crippen LogP contribution is 2.62. The number of esters is 1. The molecule has 2 fully saturated rings. The van der Waals surface area contributed by atoms with Gasteiger partial charge in [-0.25, -0.2) is 0 Å². The third-order valence-corrected chi connectivity index (χ3v) is 6.81. The van der Waals surface area contributed by atoms with Crippen LogP contribution in [0.2, 0.25) is 0 Å². The van der Waals surface area contributed by atoms with Crippen molar-refractivity contribution in [2.75, 3.05) is 0 Å². The van der Waals surface area contributed by atoms with E-state index in [4.69, 9.17) is 4.74 Å². The molecule has 3 nitrogen and oxygen atoms in total. The third-order valence-electron chi connectivity index (χ3n) is 6.81. The van der Waals surface area contributed by atoms with Gasteiger partial charge in [-0.2, -0.15) is 0 Å². The second-order valence-electron chi connectivity index (χ2n) is 8.81. The van der Waals surface area contributed by atoms with Gasteiger partial charge in [0.05, 0.1) is 6.10 Å². The molecule has 2 rings (SSSR count). The summed E-state index contributed by atoms with van der Waals surface area (Å²) >= 11 is 0. The van der Waals surface area contributed by atoms with E-state index in [1.165, 1.54) is 18.1 Å². The molecule has 1 N–H and O–H groups in total. The number of hydrogen-bond donors (Lipinski definition) is 1. The summed E-state index contributed by atoms with van der Waals surface area (Å²) in [4.78, 5) is 11.6. The van der Waals surface area contributed by atoms with Crippen molar-refractivity contribution in [2.45, 2.75) is 72.5 Å². The zero-order valence-electron chi connectivity index (χ0n) is 16.5. The molecule has 1 unspecified atom stereocenters. The maximum absolute atomic E-state index is 11.6. The van der Waals surface area contributed by atoms with Gasteiger partial charge >= 0.3 is 5.97 Å². The number of rotatable bonds is 4. The molecule has 2 aliphatic rings. The molecule has 0 saturated heterocycles. The Morgan fingerprint density at radius 1 is 1.36 bits per heavy atom. The molecule has 5 atom stereocenters. The molecule has 25 heavy (non-hydrogen) atoms. The van der Waals surface area contributed by atoms with Crippen LogP contribution in [-0.4, -0.2) is 23.3 Å². The highest BCUT2D eigenvalue weighted by Gasteiger charge is 2.59. The molecule has 0 spiro atoms. The Bertz CT molecular complexity index is 586. The van der Waals surface area contributed by atoms with Crippen LogP contribution in [0, 0.1) is 22.7 Å². The first-order valence-electron chi connectivity index (χ1n) is 9.36. The molecule has 0 heterocycles. The Labute approximate surface area is 152 Å². The standard InChI is InChI=1S/C22H34O3/c1-8-14(2)9-11-17-15(3)10-12-19-21(5,6)20(24)18(25-16(4)23)13-22(17,19)7/h8-9,17-20,24H,1,3,10-13H2,2,4-7H3/b14-9+/t17-,18+,19?,20-,22+/m0/s1. The van der Waals surface area contributed by atoms with E-state index >= 15 is 0 Å². The van der Waals surface area contributed by atoms with Crippen molar-refractivity contribution in [2.24, 2.45) is 22.7 Å². The minimum Gasteiger partial charge on any atom is -0.460 e. The highest BCUT2D eigenvalue weighted by atomic mass is 16.6. The van der Waals surface area contributed by atoms with Crippen LogP contribution in [0.1, 0.15) is 60.3 Å². The smallest absolute Gasteiger partial charge is 0.302 e. The Balaban J connectivity index is 2.41. The maximum atomic E-state index is 11.6. The second-order valence-corrected chi connectivity index (χ2v) is 8.81. The Morgan fingerprint density at radius 2 is 2.00 bits per heavy atom. The summed E-state index contributed by atoms with van der Waals surface area (Å²) in [5.74, 6) is 0.371. The minimum atomic E-state index is -0.632. The largest absolute Gasteiger partial charge is 0.460 e. The third kappa shape index (κ3) is 3.62. The first kappa shape index (κ1) is 20.0. The lowest BCUT2D eigenvalue weighted by Crippen LogP contribution is -2.60. The van der Waals surface area contributed by atoms with E-state index in [1.807, 2.05) is 6.08 Å². The van der Waals surface area contributed by atoms with E-state index in [2.05, 4.69) is 46.9 Å². The molecular formula is C22H34O3. The van der Waals surface area contributed by atoms with Gasteiger partial charge in [-0.3, -0.25) is 4.79 Å². The van der Waals surface area contributed by atoms with Gasteiger partial charge in [0.25, 0.3) is 0 Å². The number of aliphatic hydroxyl groups is 1. The van der Waals surface area contributed by atoms with Crippen molar-refractivity contribution in [3.8, 4) is 0 Å². The van der Waals surface area contributed by atoms with Gasteiger partial charge < -0.3 is 9.84 Å².